The largest absolute Gasteiger partial charge is 0.374 e. The molecule has 20 heavy (non-hydrogen) atoms. The van der Waals surface area contributed by atoms with Gasteiger partial charge in [-0.1, -0.05) is 27.7 Å². The minimum atomic E-state index is 0.127. The van der Waals surface area contributed by atoms with Gasteiger partial charge in [-0.15, -0.1) is 11.3 Å². The number of thiophene rings is 1. The summed E-state index contributed by atoms with van der Waals surface area (Å²) in [5, 5.41) is 0. The van der Waals surface area contributed by atoms with Crippen molar-refractivity contribution in [3.8, 4) is 0 Å². The average Bonchev–Trinajstić information content (AvgIpc) is 2.88. The van der Waals surface area contributed by atoms with Crippen LogP contribution >= 0.6 is 11.3 Å². The number of morpholine rings is 1. The molecule has 1 aromatic rings. The minimum absolute atomic E-state index is 0.127. The number of nitrogens with two attached hydrogens (primary N) is 1. The average molecular weight is 296 g/mol. The van der Waals surface area contributed by atoms with Crippen molar-refractivity contribution < 1.29 is 4.74 Å². The van der Waals surface area contributed by atoms with Crippen molar-refractivity contribution >= 4 is 11.3 Å². The van der Waals surface area contributed by atoms with E-state index in [1.54, 1.807) is 0 Å². The lowest BCUT2D eigenvalue weighted by Crippen LogP contribution is -2.48. The van der Waals surface area contributed by atoms with Gasteiger partial charge in [0.2, 0.25) is 0 Å². The number of hydrogen-bond acceptors (Lipinski definition) is 4. The normalized spacial score (nSPS) is 25.1. The highest BCUT2D eigenvalue weighted by molar-refractivity contribution is 7.12. The maximum absolute atomic E-state index is 5.93. The molecule has 1 aromatic heterocycles. The predicted octanol–water partition coefficient (Wildman–Crippen LogP) is 3.16. The van der Waals surface area contributed by atoms with Crippen LogP contribution in [0.25, 0.3) is 0 Å². The maximum Gasteiger partial charge on any atom is 0.0902 e. The molecule has 1 saturated heterocycles. The van der Waals surface area contributed by atoms with Gasteiger partial charge in [-0.2, -0.15) is 0 Å². The van der Waals surface area contributed by atoms with Gasteiger partial charge in [-0.05, 0) is 30.5 Å². The lowest BCUT2D eigenvalue weighted by atomic mass is 9.95. The summed E-state index contributed by atoms with van der Waals surface area (Å²) in [5.41, 5.74) is 6.15. The van der Waals surface area contributed by atoms with Crippen LogP contribution in [0.3, 0.4) is 0 Å². The highest BCUT2D eigenvalue weighted by atomic mass is 32.1. The SMILES string of the molecule is CCCN1CCOC(CN)C1c1ccc(C(C)(C)C)s1. The van der Waals surface area contributed by atoms with Gasteiger partial charge in [-0.3, -0.25) is 4.90 Å². The standard InChI is InChI=1S/C16H28N2OS/c1-5-8-18-9-10-19-12(11-17)15(18)13-6-7-14(20-13)16(2,3)4/h6-7,12,15H,5,8-11,17H2,1-4H3. The summed E-state index contributed by atoms with van der Waals surface area (Å²) in [6, 6.07) is 4.87. The van der Waals surface area contributed by atoms with Crippen LogP contribution in [-0.2, 0) is 10.2 Å². The molecule has 3 nitrogen and oxygen atoms in total. The van der Waals surface area contributed by atoms with Gasteiger partial charge in [0.05, 0.1) is 18.8 Å². The third kappa shape index (κ3) is 3.42. The summed E-state index contributed by atoms with van der Waals surface area (Å²) in [6.45, 7) is 12.6. The van der Waals surface area contributed by atoms with Gasteiger partial charge in [0.15, 0.2) is 0 Å². The first-order chi connectivity index (χ1) is 9.47. The quantitative estimate of drug-likeness (QED) is 0.927. The molecule has 1 aliphatic heterocycles. The topological polar surface area (TPSA) is 38.5 Å². The van der Waals surface area contributed by atoms with Crippen molar-refractivity contribution in [1.29, 1.82) is 0 Å². The maximum atomic E-state index is 5.93. The first-order valence-corrected chi connectivity index (χ1v) is 8.45. The Kier molecular flexibility index (Phi) is 5.24. The number of nitrogens with zero attached hydrogens (tertiary/aromatic N) is 1. The zero-order valence-corrected chi connectivity index (χ0v) is 14.0. The molecule has 2 N–H and O–H groups in total. The Labute approximate surface area is 127 Å². The van der Waals surface area contributed by atoms with Crippen molar-refractivity contribution in [2.24, 2.45) is 5.73 Å². The lowest BCUT2D eigenvalue weighted by Gasteiger charge is -2.40. The van der Waals surface area contributed by atoms with E-state index < -0.39 is 0 Å². The summed E-state index contributed by atoms with van der Waals surface area (Å²) >= 11 is 1.92. The second-order valence-corrected chi connectivity index (χ2v) is 7.69. The smallest absolute Gasteiger partial charge is 0.0902 e. The van der Waals surface area contributed by atoms with Crippen molar-refractivity contribution in [3.05, 3.63) is 21.9 Å². The molecule has 2 heterocycles. The number of ether oxygens (including phenoxy) is 1. The summed E-state index contributed by atoms with van der Waals surface area (Å²) in [7, 11) is 0. The van der Waals surface area contributed by atoms with E-state index in [2.05, 4.69) is 44.7 Å². The number of hydrogen-bond donors (Lipinski definition) is 1. The molecule has 0 aliphatic carbocycles. The Hall–Kier alpha value is -0.420. The zero-order valence-electron chi connectivity index (χ0n) is 13.2. The van der Waals surface area contributed by atoms with E-state index in [0.29, 0.717) is 12.6 Å². The molecule has 2 rings (SSSR count). The van der Waals surface area contributed by atoms with Crippen LogP contribution in [-0.4, -0.2) is 37.2 Å². The van der Waals surface area contributed by atoms with Gasteiger partial charge in [0, 0.05) is 22.8 Å². The molecule has 0 radical (unpaired) electrons. The molecular formula is C16H28N2OS. The molecule has 2 atom stereocenters. The molecule has 0 saturated carbocycles. The molecule has 0 spiro atoms. The molecular weight excluding hydrogens is 268 g/mol. The van der Waals surface area contributed by atoms with Crippen LogP contribution in [0.4, 0.5) is 0 Å². The molecule has 0 aromatic carbocycles. The lowest BCUT2D eigenvalue weighted by molar-refractivity contribution is -0.0664. The van der Waals surface area contributed by atoms with Gasteiger partial charge in [0.25, 0.3) is 0 Å². The van der Waals surface area contributed by atoms with E-state index in [0.717, 1.165) is 19.7 Å². The fraction of sp³-hybridized carbons (Fsp3) is 0.750. The Balaban J connectivity index is 2.26. The van der Waals surface area contributed by atoms with E-state index >= 15 is 0 Å². The molecule has 1 aliphatic rings. The third-order valence-electron chi connectivity index (χ3n) is 3.86. The molecule has 2 unspecified atom stereocenters. The van der Waals surface area contributed by atoms with Crippen molar-refractivity contribution in [2.75, 3.05) is 26.2 Å². The van der Waals surface area contributed by atoms with Crippen LogP contribution in [0.1, 0.15) is 49.9 Å². The Bertz CT molecular complexity index is 422. The van der Waals surface area contributed by atoms with Crippen molar-refractivity contribution in [2.45, 2.75) is 51.7 Å². The second-order valence-electron chi connectivity index (χ2n) is 6.58. The molecule has 0 bridgehead atoms. The van der Waals surface area contributed by atoms with Crippen LogP contribution in [0.2, 0.25) is 0 Å². The van der Waals surface area contributed by atoms with Gasteiger partial charge in [-0.25, -0.2) is 0 Å². The molecule has 1 fully saturated rings. The van der Waals surface area contributed by atoms with Gasteiger partial charge < -0.3 is 10.5 Å². The first-order valence-electron chi connectivity index (χ1n) is 7.63. The highest BCUT2D eigenvalue weighted by Gasteiger charge is 2.33. The first kappa shape index (κ1) is 16.0. The van der Waals surface area contributed by atoms with E-state index in [4.69, 9.17) is 10.5 Å². The molecule has 0 amide bonds. The van der Waals surface area contributed by atoms with Crippen LogP contribution in [0.15, 0.2) is 12.1 Å². The fourth-order valence-corrected chi connectivity index (χ4v) is 4.05. The van der Waals surface area contributed by atoms with Crippen molar-refractivity contribution in [1.82, 2.24) is 4.90 Å². The van der Waals surface area contributed by atoms with Gasteiger partial charge in [0.1, 0.15) is 0 Å². The summed E-state index contributed by atoms with van der Waals surface area (Å²) in [5.74, 6) is 0. The molecule has 114 valence electrons. The highest BCUT2D eigenvalue weighted by Crippen LogP contribution is 2.37. The Morgan fingerprint density at radius 1 is 1.40 bits per heavy atom. The summed E-state index contributed by atoms with van der Waals surface area (Å²) < 4.78 is 5.91. The third-order valence-corrected chi connectivity index (χ3v) is 5.44. The van der Waals surface area contributed by atoms with Crippen LogP contribution in [0.5, 0.6) is 0 Å². The number of rotatable bonds is 4. The second kappa shape index (κ2) is 6.56. The van der Waals surface area contributed by atoms with Gasteiger partial charge >= 0.3 is 0 Å². The van der Waals surface area contributed by atoms with Crippen LogP contribution < -0.4 is 5.73 Å². The van der Waals surface area contributed by atoms with E-state index in [-0.39, 0.29) is 11.5 Å². The molecule has 4 heteroatoms. The zero-order chi connectivity index (χ0) is 14.8. The minimum Gasteiger partial charge on any atom is -0.374 e. The van der Waals surface area contributed by atoms with E-state index in [1.165, 1.54) is 16.2 Å². The fourth-order valence-electron chi connectivity index (χ4n) is 2.80. The van der Waals surface area contributed by atoms with Crippen molar-refractivity contribution in [3.63, 3.8) is 0 Å². The monoisotopic (exact) mass is 296 g/mol. The predicted molar refractivity (Wildman–Crippen MR) is 86.4 cm³/mol. The van der Waals surface area contributed by atoms with E-state index in [9.17, 15) is 0 Å². The Morgan fingerprint density at radius 2 is 2.15 bits per heavy atom. The summed E-state index contributed by atoms with van der Waals surface area (Å²) in [4.78, 5) is 5.38. The van der Waals surface area contributed by atoms with Crippen LogP contribution in [0, 0.1) is 0 Å². The van der Waals surface area contributed by atoms with E-state index in [1.807, 2.05) is 11.3 Å². The summed E-state index contributed by atoms with van der Waals surface area (Å²) in [6.07, 6.45) is 1.30. The Morgan fingerprint density at radius 3 is 2.70 bits per heavy atom.